The van der Waals surface area contributed by atoms with Gasteiger partial charge in [-0.3, -0.25) is 19.7 Å². The highest BCUT2D eigenvalue weighted by Gasteiger charge is 2.54. The first-order valence-corrected chi connectivity index (χ1v) is 16.3. The molecule has 1 unspecified atom stereocenters. The third-order valence-electron chi connectivity index (χ3n) is 6.50. The van der Waals surface area contributed by atoms with E-state index in [2.05, 4.69) is 16.9 Å². The molecule has 1 aliphatic heterocycles. The quantitative estimate of drug-likeness (QED) is 0.0502. The van der Waals surface area contributed by atoms with E-state index >= 15 is 0 Å². The maximum atomic E-state index is 13.5. The number of benzene rings is 3. The van der Waals surface area contributed by atoms with Gasteiger partial charge in [0.05, 0.1) is 15.1 Å². The van der Waals surface area contributed by atoms with E-state index in [0.717, 1.165) is 14.6 Å². The Labute approximate surface area is 264 Å². The van der Waals surface area contributed by atoms with Gasteiger partial charge in [-0.2, -0.15) is 0 Å². The molecular formula is C30H26N4O7S3. The number of thiazole rings is 1. The van der Waals surface area contributed by atoms with Crippen molar-refractivity contribution >= 4 is 66.6 Å². The molecule has 0 aliphatic carbocycles. The number of carbonyl (C=O) groups excluding carboxylic acids is 3. The van der Waals surface area contributed by atoms with Gasteiger partial charge in [0.2, 0.25) is 5.91 Å². The number of hydrogen-bond acceptors (Lipinski definition) is 11. The molecule has 0 spiro atoms. The number of ether oxygens (including phenoxy) is 2. The number of esters is 1. The molecule has 0 bridgehead atoms. The summed E-state index contributed by atoms with van der Waals surface area (Å²) in [5.74, 6) is -1.16. The zero-order chi connectivity index (χ0) is 31.2. The first-order chi connectivity index (χ1) is 21.2. The number of aromatic nitrogens is 1. The Morgan fingerprint density at radius 1 is 1.11 bits per heavy atom. The second-order valence-corrected chi connectivity index (χ2v) is 13.3. The Morgan fingerprint density at radius 2 is 1.82 bits per heavy atom. The monoisotopic (exact) mass is 650 g/mol. The van der Waals surface area contributed by atoms with E-state index in [0.29, 0.717) is 16.9 Å². The van der Waals surface area contributed by atoms with Gasteiger partial charge >= 0.3 is 5.97 Å². The number of para-hydroxylation sites is 2. The molecule has 2 heterocycles. The fourth-order valence-corrected chi connectivity index (χ4v) is 8.31. The summed E-state index contributed by atoms with van der Waals surface area (Å²) in [5, 5.41) is 13.0. The lowest BCUT2D eigenvalue weighted by Gasteiger charge is -2.49. The van der Waals surface area contributed by atoms with Gasteiger partial charge in [-0.15, -0.1) is 11.3 Å². The number of likely N-dealkylation sites (tertiary alicyclic amines) is 1. The largest absolute Gasteiger partial charge is 0.484 e. The Balaban J connectivity index is 1.30. The maximum absolute atomic E-state index is 13.5. The molecule has 3 atom stereocenters. The first-order valence-electron chi connectivity index (χ1n) is 13.2. The van der Waals surface area contributed by atoms with Gasteiger partial charge in [-0.1, -0.05) is 47.7 Å². The van der Waals surface area contributed by atoms with Crippen LogP contribution in [0.5, 0.6) is 5.75 Å². The molecule has 5 rings (SSSR count). The molecule has 0 radical (unpaired) electrons. The highest BCUT2D eigenvalue weighted by molar-refractivity contribution is 8.77. The lowest BCUT2D eigenvalue weighted by Crippen LogP contribution is -2.73. The van der Waals surface area contributed by atoms with Crippen molar-refractivity contribution in [3.05, 3.63) is 107 Å². The molecule has 226 valence electrons. The van der Waals surface area contributed by atoms with Crippen LogP contribution in [0.2, 0.25) is 0 Å². The molecule has 1 N–H and O–H groups in total. The van der Waals surface area contributed by atoms with Crippen LogP contribution in [0.15, 0.2) is 95.4 Å². The summed E-state index contributed by atoms with van der Waals surface area (Å²) >= 11 is 1.50. The van der Waals surface area contributed by atoms with Gasteiger partial charge in [0, 0.05) is 12.1 Å². The number of fused-ring (bicyclic) bond motifs is 1. The molecule has 1 saturated heterocycles. The highest BCUT2D eigenvalue weighted by atomic mass is 33.1. The number of nitro benzene ring substituents is 1. The van der Waals surface area contributed by atoms with Crippen molar-refractivity contribution < 1.29 is 28.8 Å². The molecular weight excluding hydrogens is 625 g/mol. The van der Waals surface area contributed by atoms with E-state index in [4.69, 9.17) is 9.47 Å². The number of carbonyl (C=O) groups is 3. The Morgan fingerprint density at radius 3 is 2.50 bits per heavy atom. The summed E-state index contributed by atoms with van der Waals surface area (Å²) in [4.78, 5) is 56.0. The topological polar surface area (TPSA) is 141 Å². The molecule has 44 heavy (non-hydrogen) atoms. The van der Waals surface area contributed by atoms with E-state index < -0.39 is 40.2 Å². The lowest BCUT2D eigenvalue weighted by atomic mass is 9.99. The van der Waals surface area contributed by atoms with Crippen LogP contribution in [0.4, 0.5) is 5.69 Å². The molecule has 14 heteroatoms. The molecule has 0 saturated carbocycles. The van der Waals surface area contributed by atoms with Crippen molar-refractivity contribution in [1.82, 2.24) is 15.2 Å². The van der Waals surface area contributed by atoms with Gasteiger partial charge in [0.25, 0.3) is 11.6 Å². The van der Waals surface area contributed by atoms with E-state index in [1.54, 1.807) is 31.2 Å². The van der Waals surface area contributed by atoms with Gasteiger partial charge < -0.3 is 19.7 Å². The molecule has 2 amide bonds. The molecule has 1 aliphatic rings. The summed E-state index contributed by atoms with van der Waals surface area (Å²) < 4.78 is 12.8. The van der Waals surface area contributed by atoms with E-state index in [1.807, 2.05) is 30.3 Å². The summed E-state index contributed by atoms with van der Waals surface area (Å²) in [5.41, 5.74) is 1.68. The van der Waals surface area contributed by atoms with Gasteiger partial charge in [0.15, 0.2) is 17.0 Å². The fraction of sp³-hybridized carbons (Fsp3) is 0.200. The molecule has 1 aromatic heterocycles. The van der Waals surface area contributed by atoms with E-state index in [9.17, 15) is 24.5 Å². The molecule has 4 aromatic rings. The van der Waals surface area contributed by atoms with Gasteiger partial charge in [-0.05, 0) is 65.3 Å². The third kappa shape index (κ3) is 7.21. The number of β-lactam (4-membered cyclic amide) rings is 1. The van der Waals surface area contributed by atoms with Crippen LogP contribution < -0.4 is 10.1 Å². The number of hydrogen-bond donors (Lipinski definition) is 1. The third-order valence-corrected chi connectivity index (χ3v) is 10.5. The molecule has 11 nitrogen and oxygen atoms in total. The number of amides is 2. The SMILES string of the molecule is C=C(C)C(C(=O)OCc1ccc([N+](=O)[O-])cc1)N1C(=O)[C@H](NC(=O)COc2ccccc2)[C@@H]1SSc1nc2ccccc2s1. The van der Waals surface area contributed by atoms with Crippen LogP contribution in [0.1, 0.15) is 12.5 Å². The minimum atomic E-state index is -1.12. The Hall–Kier alpha value is -4.40. The van der Waals surface area contributed by atoms with Crippen molar-refractivity contribution in [2.75, 3.05) is 6.61 Å². The number of nitrogens with one attached hydrogen (secondary N) is 1. The van der Waals surface area contributed by atoms with Crippen LogP contribution >= 0.6 is 32.9 Å². The van der Waals surface area contributed by atoms with E-state index in [1.165, 1.54) is 62.1 Å². The summed E-state index contributed by atoms with van der Waals surface area (Å²) in [7, 11) is 2.63. The van der Waals surface area contributed by atoms with Crippen LogP contribution in [0.3, 0.4) is 0 Å². The van der Waals surface area contributed by atoms with Crippen LogP contribution in [0, 0.1) is 10.1 Å². The van der Waals surface area contributed by atoms with Crippen molar-refractivity contribution in [3.8, 4) is 5.75 Å². The minimum Gasteiger partial charge on any atom is -0.484 e. The van der Waals surface area contributed by atoms with Crippen LogP contribution in [0.25, 0.3) is 10.2 Å². The second kappa shape index (κ2) is 13.9. The predicted molar refractivity (Wildman–Crippen MR) is 169 cm³/mol. The maximum Gasteiger partial charge on any atom is 0.333 e. The number of non-ortho nitro benzene ring substituents is 1. The summed E-state index contributed by atoms with van der Waals surface area (Å²) in [6.07, 6.45) is 0. The number of rotatable bonds is 13. The van der Waals surface area contributed by atoms with Gasteiger partial charge in [0.1, 0.15) is 23.8 Å². The first kappa shape index (κ1) is 31.0. The minimum absolute atomic E-state index is 0.0844. The molecule has 1 fully saturated rings. The van der Waals surface area contributed by atoms with Crippen molar-refractivity contribution in [3.63, 3.8) is 0 Å². The van der Waals surface area contributed by atoms with Crippen LogP contribution in [-0.2, 0) is 25.7 Å². The average Bonchev–Trinajstić information content (AvgIpc) is 3.45. The normalized spacial score (nSPS) is 16.6. The average molecular weight is 651 g/mol. The lowest BCUT2D eigenvalue weighted by molar-refractivity contribution is -0.384. The Kier molecular flexibility index (Phi) is 9.82. The van der Waals surface area contributed by atoms with E-state index in [-0.39, 0.29) is 18.9 Å². The van der Waals surface area contributed by atoms with Crippen molar-refractivity contribution in [2.45, 2.75) is 35.3 Å². The smallest absolute Gasteiger partial charge is 0.333 e. The van der Waals surface area contributed by atoms with Crippen molar-refractivity contribution in [1.29, 1.82) is 0 Å². The van der Waals surface area contributed by atoms with Crippen LogP contribution in [-0.4, -0.2) is 56.7 Å². The van der Waals surface area contributed by atoms with Gasteiger partial charge in [-0.25, -0.2) is 9.78 Å². The number of nitro groups is 1. The Bertz CT molecular complexity index is 1660. The standard InChI is InChI=1S/C30H26N4O7S3/c1-18(2)26(29(37)41-16-19-12-14-20(15-13-19)34(38)39)33-27(36)25(32-24(35)17-40-21-8-4-3-5-9-21)28(33)43-44-30-31-22-10-6-7-11-23(22)42-30/h3-15,25-26,28H,1,16-17H2,2H3,(H,32,35)/t25-,26?,28-/m0/s1. The highest BCUT2D eigenvalue weighted by Crippen LogP contribution is 2.45. The molecule has 3 aromatic carbocycles. The number of nitrogens with zero attached hydrogens (tertiary/aromatic N) is 3. The predicted octanol–water partition coefficient (Wildman–Crippen LogP) is 5.37. The summed E-state index contributed by atoms with van der Waals surface area (Å²) in [6.45, 7) is 5.10. The zero-order valence-electron chi connectivity index (χ0n) is 23.3. The zero-order valence-corrected chi connectivity index (χ0v) is 25.7. The second-order valence-electron chi connectivity index (χ2n) is 9.69. The van der Waals surface area contributed by atoms with Crippen molar-refractivity contribution in [2.24, 2.45) is 0 Å². The fourth-order valence-electron chi connectivity index (χ4n) is 4.35. The summed E-state index contributed by atoms with van der Waals surface area (Å²) in [6, 6.07) is 20.1.